The first-order valence-corrected chi connectivity index (χ1v) is 3.43. The average molecular weight is 180 g/mol. The molecule has 1 aromatic rings. The zero-order valence-electron chi connectivity index (χ0n) is 6.87. The van der Waals surface area contributed by atoms with E-state index < -0.39 is 10.7 Å². The molecule has 0 unspecified atom stereocenters. The zero-order chi connectivity index (χ0) is 10.2. The molecule has 0 saturated carbocycles. The van der Waals surface area contributed by atoms with E-state index in [0.717, 1.165) is 6.07 Å². The summed E-state index contributed by atoms with van der Waals surface area (Å²) in [5.41, 5.74) is 4.51. The molecule has 0 amide bonds. The Balaban J connectivity index is 3.50. The SMILES string of the molecule is [B]c1cc([N+](=O)[O-])c(N)c(C)c1F. The summed E-state index contributed by atoms with van der Waals surface area (Å²) in [5, 5.41) is 10.4. The van der Waals surface area contributed by atoms with Crippen LogP contribution in [0.5, 0.6) is 0 Å². The van der Waals surface area contributed by atoms with Crippen LogP contribution in [0.1, 0.15) is 5.56 Å². The molecule has 0 aliphatic rings. The van der Waals surface area contributed by atoms with Gasteiger partial charge < -0.3 is 5.73 Å². The van der Waals surface area contributed by atoms with Crippen molar-refractivity contribution in [2.75, 3.05) is 5.73 Å². The van der Waals surface area contributed by atoms with Gasteiger partial charge in [-0.2, -0.15) is 0 Å². The van der Waals surface area contributed by atoms with Gasteiger partial charge in [0.05, 0.1) is 4.92 Å². The van der Waals surface area contributed by atoms with Crippen LogP contribution in [-0.4, -0.2) is 12.8 Å². The number of hydrogen-bond acceptors (Lipinski definition) is 3. The van der Waals surface area contributed by atoms with Crippen molar-refractivity contribution in [3.05, 3.63) is 27.6 Å². The van der Waals surface area contributed by atoms with Crippen LogP contribution >= 0.6 is 0 Å². The molecule has 0 aliphatic carbocycles. The van der Waals surface area contributed by atoms with Gasteiger partial charge in [0.25, 0.3) is 5.69 Å². The molecule has 0 spiro atoms. The summed E-state index contributed by atoms with van der Waals surface area (Å²) in [6.07, 6.45) is 0. The molecule has 0 saturated heterocycles. The highest BCUT2D eigenvalue weighted by Gasteiger charge is 2.17. The van der Waals surface area contributed by atoms with Gasteiger partial charge in [0.15, 0.2) is 0 Å². The van der Waals surface area contributed by atoms with Crippen LogP contribution in [0, 0.1) is 22.9 Å². The standard InChI is InChI=1S/C7H6BFN2O2/c1-3-6(9)4(8)2-5(7(3)10)11(12)13/h2H,10H2,1H3. The Morgan fingerprint density at radius 3 is 2.69 bits per heavy atom. The van der Waals surface area contributed by atoms with E-state index in [1.165, 1.54) is 6.92 Å². The third-order valence-electron chi connectivity index (χ3n) is 1.75. The minimum Gasteiger partial charge on any atom is -0.393 e. The Labute approximate surface area is 75.1 Å². The molecule has 13 heavy (non-hydrogen) atoms. The second kappa shape index (κ2) is 3.04. The molecule has 4 nitrogen and oxygen atoms in total. The van der Waals surface area contributed by atoms with Gasteiger partial charge in [-0.05, 0) is 6.92 Å². The van der Waals surface area contributed by atoms with Crippen LogP contribution in [0.15, 0.2) is 6.07 Å². The Hall–Kier alpha value is -1.59. The lowest BCUT2D eigenvalue weighted by Gasteiger charge is -2.05. The van der Waals surface area contributed by atoms with Gasteiger partial charge >= 0.3 is 0 Å². The maximum absolute atomic E-state index is 13.0. The fourth-order valence-electron chi connectivity index (χ4n) is 0.966. The normalized spacial score (nSPS) is 10.0. The van der Waals surface area contributed by atoms with Crippen molar-refractivity contribution >= 4 is 24.7 Å². The van der Waals surface area contributed by atoms with E-state index in [-0.39, 0.29) is 22.4 Å². The molecule has 2 N–H and O–H groups in total. The highest BCUT2D eigenvalue weighted by molar-refractivity contribution is 6.33. The quantitative estimate of drug-likeness (QED) is 0.294. The zero-order valence-corrected chi connectivity index (χ0v) is 6.87. The number of nitro benzene ring substituents is 1. The van der Waals surface area contributed by atoms with Crippen LogP contribution in [0.2, 0.25) is 0 Å². The van der Waals surface area contributed by atoms with Crippen LogP contribution < -0.4 is 11.2 Å². The molecular formula is C7H6BFN2O2. The van der Waals surface area contributed by atoms with Gasteiger partial charge in [-0.25, -0.2) is 4.39 Å². The number of nitrogens with two attached hydrogens (primary N) is 1. The second-order valence-electron chi connectivity index (χ2n) is 2.59. The van der Waals surface area contributed by atoms with E-state index in [1.54, 1.807) is 0 Å². The second-order valence-corrected chi connectivity index (χ2v) is 2.59. The molecule has 2 radical (unpaired) electrons. The van der Waals surface area contributed by atoms with Crippen LogP contribution in [0.25, 0.3) is 0 Å². The summed E-state index contributed by atoms with van der Waals surface area (Å²) < 4.78 is 13.0. The first-order valence-electron chi connectivity index (χ1n) is 3.43. The Kier molecular flexibility index (Phi) is 2.23. The summed E-state index contributed by atoms with van der Waals surface area (Å²) in [6, 6.07) is 0.914. The minimum atomic E-state index is -0.705. The number of anilines is 1. The Morgan fingerprint density at radius 1 is 1.69 bits per heavy atom. The summed E-state index contributed by atoms with van der Waals surface area (Å²) in [6.45, 7) is 1.34. The number of hydrogen-bond donors (Lipinski definition) is 1. The number of nitrogen functional groups attached to an aromatic ring is 1. The molecule has 0 aliphatic heterocycles. The number of benzene rings is 1. The van der Waals surface area contributed by atoms with E-state index in [1.807, 2.05) is 0 Å². The third kappa shape index (κ3) is 1.47. The minimum absolute atomic E-state index is 0.00620. The molecule has 0 aromatic heterocycles. The van der Waals surface area contributed by atoms with Crippen molar-refractivity contribution in [3.63, 3.8) is 0 Å². The molecular weight excluding hydrogens is 174 g/mol. The van der Waals surface area contributed by atoms with Crippen molar-refractivity contribution in [2.45, 2.75) is 6.92 Å². The fourth-order valence-corrected chi connectivity index (χ4v) is 0.966. The lowest BCUT2D eigenvalue weighted by molar-refractivity contribution is -0.383. The highest BCUT2D eigenvalue weighted by atomic mass is 19.1. The molecule has 0 atom stereocenters. The number of halogens is 1. The molecule has 1 aromatic carbocycles. The number of nitro groups is 1. The van der Waals surface area contributed by atoms with Gasteiger partial charge in [0, 0.05) is 11.6 Å². The monoisotopic (exact) mass is 180 g/mol. The molecule has 0 fully saturated rings. The van der Waals surface area contributed by atoms with Crippen molar-refractivity contribution in [3.8, 4) is 0 Å². The van der Waals surface area contributed by atoms with E-state index in [2.05, 4.69) is 0 Å². The molecule has 1 rings (SSSR count). The molecule has 0 heterocycles. The van der Waals surface area contributed by atoms with Gasteiger partial charge in [-0.3, -0.25) is 10.1 Å². The lowest BCUT2D eigenvalue weighted by Crippen LogP contribution is -2.14. The Morgan fingerprint density at radius 2 is 2.23 bits per heavy atom. The largest absolute Gasteiger partial charge is 0.393 e. The predicted octanol–water partition coefficient (Wildman–Crippen LogP) is 0.418. The predicted molar refractivity (Wildman–Crippen MR) is 47.6 cm³/mol. The molecule has 66 valence electrons. The van der Waals surface area contributed by atoms with E-state index in [0.29, 0.717) is 0 Å². The third-order valence-corrected chi connectivity index (χ3v) is 1.75. The summed E-state index contributed by atoms with van der Waals surface area (Å²) in [7, 11) is 5.19. The topological polar surface area (TPSA) is 69.2 Å². The fraction of sp³-hybridized carbons (Fsp3) is 0.143. The number of rotatable bonds is 1. The molecule has 6 heteroatoms. The first kappa shape index (κ1) is 9.50. The van der Waals surface area contributed by atoms with E-state index >= 15 is 0 Å². The highest BCUT2D eigenvalue weighted by Crippen LogP contribution is 2.24. The van der Waals surface area contributed by atoms with E-state index in [9.17, 15) is 14.5 Å². The van der Waals surface area contributed by atoms with Crippen LogP contribution in [0.3, 0.4) is 0 Å². The summed E-state index contributed by atoms with van der Waals surface area (Å²) >= 11 is 0. The van der Waals surface area contributed by atoms with Crippen LogP contribution in [-0.2, 0) is 0 Å². The van der Waals surface area contributed by atoms with Crippen molar-refractivity contribution < 1.29 is 9.31 Å². The van der Waals surface area contributed by atoms with Gasteiger partial charge in [0.2, 0.25) is 0 Å². The van der Waals surface area contributed by atoms with Crippen molar-refractivity contribution in [1.82, 2.24) is 0 Å². The Bertz CT molecular complexity index is 381. The summed E-state index contributed by atoms with van der Waals surface area (Å²) in [5.74, 6) is -0.705. The van der Waals surface area contributed by atoms with Gasteiger partial charge in [0.1, 0.15) is 19.4 Å². The van der Waals surface area contributed by atoms with E-state index in [4.69, 9.17) is 13.6 Å². The first-order chi connectivity index (χ1) is 5.95. The smallest absolute Gasteiger partial charge is 0.291 e. The summed E-state index contributed by atoms with van der Waals surface area (Å²) in [4.78, 5) is 9.69. The maximum atomic E-state index is 13.0. The van der Waals surface area contributed by atoms with Crippen molar-refractivity contribution in [1.29, 1.82) is 0 Å². The lowest BCUT2D eigenvalue weighted by atomic mass is 9.92. The van der Waals surface area contributed by atoms with Gasteiger partial charge in [-0.15, -0.1) is 0 Å². The maximum Gasteiger partial charge on any atom is 0.291 e. The number of nitrogens with zero attached hydrogens (tertiary/aromatic N) is 1. The average Bonchev–Trinajstić information content (AvgIpc) is 2.07. The molecule has 0 bridgehead atoms. The van der Waals surface area contributed by atoms with Crippen LogP contribution in [0.4, 0.5) is 15.8 Å². The van der Waals surface area contributed by atoms with Gasteiger partial charge in [-0.1, -0.05) is 5.46 Å². The van der Waals surface area contributed by atoms with Crippen molar-refractivity contribution in [2.24, 2.45) is 0 Å².